The van der Waals surface area contributed by atoms with Crippen molar-refractivity contribution in [2.45, 2.75) is 102 Å². The summed E-state index contributed by atoms with van der Waals surface area (Å²) < 4.78 is 64.3. The van der Waals surface area contributed by atoms with E-state index in [4.69, 9.17) is 9.99 Å². The average Bonchev–Trinajstić information content (AvgIpc) is 2.77. The standard InChI is InChI=1S/C22H34F4O4S/c1-2-3-4-5-6-7-8-9-10-11-12-13-14-15-16-28-21-17(23)19(25)22(31-30-29-27)20(26)18(21)24/h27H,2-16H2,1H3. The van der Waals surface area contributed by atoms with E-state index in [2.05, 4.69) is 16.3 Å². The minimum absolute atomic E-state index is 0.0481. The minimum Gasteiger partial charge on any atom is -0.487 e. The molecule has 1 N–H and O–H groups in total. The molecule has 9 heteroatoms. The van der Waals surface area contributed by atoms with Crippen LogP contribution >= 0.6 is 12.0 Å². The SMILES string of the molecule is CCCCCCCCCCCCCCCCOc1c(F)c(F)c(SOOO)c(F)c1F. The van der Waals surface area contributed by atoms with Crippen molar-refractivity contribution in [1.29, 1.82) is 0 Å². The van der Waals surface area contributed by atoms with Crippen LogP contribution in [0.15, 0.2) is 4.90 Å². The van der Waals surface area contributed by atoms with E-state index in [-0.39, 0.29) is 18.6 Å². The van der Waals surface area contributed by atoms with Crippen molar-refractivity contribution < 1.29 is 36.9 Å². The smallest absolute Gasteiger partial charge is 0.205 e. The quantitative estimate of drug-likeness (QED) is 0.0548. The molecule has 0 fully saturated rings. The van der Waals surface area contributed by atoms with Gasteiger partial charge in [0.2, 0.25) is 11.6 Å². The highest BCUT2D eigenvalue weighted by molar-refractivity contribution is 7.94. The van der Waals surface area contributed by atoms with Crippen LogP contribution in [0.4, 0.5) is 17.6 Å². The molecule has 1 rings (SSSR count). The molecule has 4 nitrogen and oxygen atoms in total. The van der Waals surface area contributed by atoms with Crippen molar-refractivity contribution in [3.8, 4) is 5.75 Å². The number of benzene rings is 1. The molecular weight excluding hydrogens is 436 g/mol. The molecule has 0 amide bonds. The third kappa shape index (κ3) is 10.9. The molecule has 0 unspecified atom stereocenters. The molecule has 0 heterocycles. The summed E-state index contributed by atoms with van der Waals surface area (Å²) in [5, 5.41) is 11.2. The lowest BCUT2D eigenvalue weighted by Crippen LogP contribution is -2.07. The van der Waals surface area contributed by atoms with Gasteiger partial charge in [-0.15, -0.1) is 4.33 Å². The van der Waals surface area contributed by atoms with Gasteiger partial charge in [-0.25, -0.2) is 14.0 Å². The van der Waals surface area contributed by atoms with E-state index < -0.39 is 33.9 Å². The largest absolute Gasteiger partial charge is 0.487 e. The Kier molecular flexibility index (Phi) is 15.8. The number of halogens is 4. The van der Waals surface area contributed by atoms with E-state index in [9.17, 15) is 17.6 Å². The summed E-state index contributed by atoms with van der Waals surface area (Å²) in [4.78, 5) is -1.12. The molecule has 31 heavy (non-hydrogen) atoms. The molecule has 0 spiro atoms. The Morgan fingerprint density at radius 2 is 1.06 bits per heavy atom. The molecule has 180 valence electrons. The van der Waals surface area contributed by atoms with Crippen molar-refractivity contribution in [1.82, 2.24) is 0 Å². The molecule has 0 aliphatic heterocycles. The monoisotopic (exact) mass is 470 g/mol. The average molecular weight is 471 g/mol. The zero-order chi connectivity index (χ0) is 22.9. The number of hydrogen-bond acceptors (Lipinski definition) is 5. The first kappa shape index (κ1) is 28.0. The Morgan fingerprint density at radius 3 is 1.48 bits per heavy atom. The van der Waals surface area contributed by atoms with E-state index >= 15 is 0 Å². The lowest BCUT2D eigenvalue weighted by atomic mass is 10.0. The predicted octanol–water partition coefficient (Wildman–Crippen LogP) is 8.53. The maximum Gasteiger partial charge on any atom is 0.205 e. The molecule has 0 saturated carbocycles. The van der Waals surface area contributed by atoms with Crippen LogP contribution in [0.5, 0.6) is 5.75 Å². The van der Waals surface area contributed by atoms with Gasteiger partial charge in [-0.2, -0.15) is 8.78 Å². The van der Waals surface area contributed by atoms with E-state index in [1.54, 1.807) is 0 Å². The highest BCUT2D eigenvalue weighted by atomic mass is 32.2. The minimum atomic E-state index is -1.68. The van der Waals surface area contributed by atoms with Gasteiger partial charge in [0.05, 0.1) is 18.6 Å². The number of hydrogen-bond donors (Lipinski definition) is 1. The highest BCUT2D eigenvalue weighted by Gasteiger charge is 2.27. The second-order valence-corrected chi connectivity index (χ2v) is 8.30. The molecule has 0 aliphatic rings. The molecule has 1 aromatic carbocycles. The number of unbranched alkanes of at least 4 members (excludes halogenated alkanes) is 13. The van der Waals surface area contributed by atoms with Crippen LogP contribution in [-0.4, -0.2) is 11.9 Å². The second-order valence-electron chi connectivity index (χ2n) is 7.58. The topological polar surface area (TPSA) is 47.9 Å². The van der Waals surface area contributed by atoms with E-state index in [0.29, 0.717) is 6.42 Å². The van der Waals surface area contributed by atoms with E-state index in [0.717, 1.165) is 25.7 Å². The first-order valence-corrected chi connectivity index (χ1v) is 11.9. The van der Waals surface area contributed by atoms with Gasteiger partial charge < -0.3 is 4.74 Å². The van der Waals surface area contributed by atoms with Gasteiger partial charge in [-0.05, 0) is 6.42 Å². The Hall–Kier alpha value is -1.03. The zero-order valence-corrected chi connectivity index (χ0v) is 19.0. The lowest BCUT2D eigenvalue weighted by molar-refractivity contribution is -0.432. The van der Waals surface area contributed by atoms with Gasteiger partial charge in [-0.3, -0.25) is 0 Å². The molecular formula is C22H34F4O4S. The summed E-state index contributed by atoms with van der Waals surface area (Å²) in [6.45, 7) is 2.18. The molecule has 1 aromatic rings. The summed E-state index contributed by atoms with van der Waals surface area (Å²) in [6, 6.07) is 0. The molecule has 0 aromatic heterocycles. The van der Waals surface area contributed by atoms with Crippen LogP contribution in [-0.2, 0) is 9.37 Å². The normalized spacial score (nSPS) is 11.3. The summed E-state index contributed by atoms with van der Waals surface area (Å²) in [6.07, 6.45) is 16.3. The summed E-state index contributed by atoms with van der Waals surface area (Å²) >= 11 is -0.198. The predicted molar refractivity (Wildman–Crippen MR) is 113 cm³/mol. The fourth-order valence-electron chi connectivity index (χ4n) is 3.31. The van der Waals surface area contributed by atoms with Crippen LogP contribution in [0.1, 0.15) is 96.8 Å². The third-order valence-corrected chi connectivity index (χ3v) is 5.73. The van der Waals surface area contributed by atoms with Crippen molar-refractivity contribution in [3.63, 3.8) is 0 Å². The molecule has 0 saturated heterocycles. The van der Waals surface area contributed by atoms with E-state index in [1.165, 1.54) is 57.8 Å². The van der Waals surface area contributed by atoms with Crippen molar-refractivity contribution in [2.75, 3.05) is 6.61 Å². The van der Waals surface area contributed by atoms with Crippen LogP contribution < -0.4 is 4.74 Å². The fraction of sp³-hybridized carbons (Fsp3) is 0.727. The second kappa shape index (κ2) is 17.5. The lowest BCUT2D eigenvalue weighted by Gasteiger charge is -2.12. The molecule has 0 radical (unpaired) electrons. The summed E-state index contributed by atoms with van der Waals surface area (Å²) in [5.74, 6) is -7.78. The molecule has 0 aliphatic carbocycles. The Morgan fingerprint density at radius 1 is 0.645 bits per heavy atom. The highest BCUT2D eigenvalue weighted by Crippen LogP contribution is 2.35. The maximum absolute atomic E-state index is 13.9. The Balaban J connectivity index is 2.14. The van der Waals surface area contributed by atoms with Crippen molar-refractivity contribution >= 4 is 12.0 Å². The van der Waals surface area contributed by atoms with Crippen molar-refractivity contribution in [2.24, 2.45) is 0 Å². The Labute approximate surface area is 186 Å². The van der Waals surface area contributed by atoms with Gasteiger partial charge in [0.1, 0.15) is 4.90 Å². The van der Waals surface area contributed by atoms with Gasteiger partial charge in [0.15, 0.2) is 17.4 Å². The summed E-state index contributed by atoms with van der Waals surface area (Å²) in [7, 11) is 0. The van der Waals surface area contributed by atoms with Gasteiger partial charge in [0.25, 0.3) is 0 Å². The van der Waals surface area contributed by atoms with E-state index in [1.807, 2.05) is 0 Å². The van der Waals surface area contributed by atoms with Crippen LogP contribution in [0.25, 0.3) is 0 Å². The number of ether oxygens (including phenoxy) is 1. The maximum atomic E-state index is 13.9. The summed E-state index contributed by atoms with van der Waals surface area (Å²) in [5.41, 5.74) is 0. The third-order valence-electron chi connectivity index (χ3n) is 5.07. The van der Waals surface area contributed by atoms with Gasteiger partial charge in [0, 0.05) is 0 Å². The molecule has 0 bridgehead atoms. The van der Waals surface area contributed by atoms with Gasteiger partial charge >= 0.3 is 0 Å². The zero-order valence-electron chi connectivity index (χ0n) is 18.2. The van der Waals surface area contributed by atoms with Gasteiger partial charge in [-0.1, -0.05) is 95.4 Å². The Bertz CT molecular complexity index is 591. The molecule has 0 atom stereocenters. The fourth-order valence-corrected chi connectivity index (χ4v) is 3.74. The van der Waals surface area contributed by atoms with Crippen molar-refractivity contribution in [3.05, 3.63) is 23.3 Å². The first-order chi connectivity index (χ1) is 15.0. The number of rotatable bonds is 19. The van der Waals surface area contributed by atoms with Crippen LogP contribution in [0, 0.1) is 23.3 Å². The first-order valence-electron chi connectivity index (χ1n) is 11.2. The van der Waals surface area contributed by atoms with Crippen LogP contribution in [0.3, 0.4) is 0 Å². The van der Waals surface area contributed by atoms with Crippen LogP contribution in [0.2, 0.25) is 0 Å².